The lowest BCUT2D eigenvalue weighted by molar-refractivity contribution is -0.118. The molecule has 1 amide bonds. The number of nitrogens with zero attached hydrogens (tertiary/aromatic N) is 1. The number of methoxy groups -OCH3 is 1. The molecule has 0 aliphatic rings. The maximum atomic E-state index is 11.8. The number of hydrogen-bond acceptors (Lipinski definition) is 4. The van der Waals surface area contributed by atoms with Crippen LogP contribution in [0.2, 0.25) is 5.15 Å². The number of ether oxygens (including phenoxy) is 1. The second-order valence-electron chi connectivity index (χ2n) is 3.53. The molecule has 1 N–H and O–H groups in total. The summed E-state index contributed by atoms with van der Waals surface area (Å²) in [7, 11) is 1.43. The number of nitrogens with one attached hydrogen (secondary N) is 1. The van der Waals surface area contributed by atoms with E-state index in [0.29, 0.717) is 5.56 Å². The van der Waals surface area contributed by atoms with Crippen LogP contribution >= 0.6 is 11.6 Å². The maximum Gasteiger partial charge on any atom is 0.252 e. The van der Waals surface area contributed by atoms with Crippen LogP contribution in [0.3, 0.4) is 0 Å². The van der Waals surface area contributed by atoms with E-state index >= 15 is 0 Å². The highest BCUT2D eigenvalue weighted by molar-refractivity contribution is 6.29. The van der Waals surface area contributed by atoms with Gasteiger partial charge in [0.25, 0.3) is 5.91 Å². The number of ketones is 1. The van der Waals surface area contributed by atoms with Crippen molar-refractivity contribution in [2.24, 2.45) is 0 Å². The van der Waals surface area contributed by atoms with Crippen LogP contribution in [0.5, 0.6) is 5.88 Å². The van der Waals surface area contributed by atoms with Gasteiger partial charge in [-0.25, -0.2) is 4.98 Å². The number of hydrogen-bond donors (Lipinski definition) is 1. The molecule has 0 bridgehead atoms. The zero-order valence-corrected chi connectivity index (χ0v) is 10.5. The fourth-order valence-corrected chi connectivity index (χ4v) is 1.29. The quantitative estimate of drug-likeness (QED) is 0.828. The summed E-state index contributed by atoms with van der Waals surface area (Å²) in [4.78, 5) is 26.6. The van der Waals surface area contributed by atoms with Crippen molar-refractivity contribution in [3.05, 3.63) is 22.8 Å². The van der Waals surface area contributed by atoms with Gasteiger partial charge in [0.05, 0.1) is 13.2 Å². The molecule has 6 heteroatoms. The topological polar surface area (TPSA) is 68.3 Å². The normalized spacial score (nSPS) is 11.8. The summed E-state index contributed by atoms with van der Waals surface area (Å²) >= 11 is 5.73. The van der Waals surface area contributed by atoms with Crippen LogP contribution in [0.25, 0.3) is 0 Å². The molecule has 0 saturated carbocycles. The minimum Gasteiger partial charge on any atom is -0.481 e. The van der Waals surface area contributed by atoms with Crippen LogP contribution < -0.4 is 10.1 Å². The van der Waals surface area contributed by atoms with Crippen molar-refractivity contribution in [2.45, 2.75) is 19.9 Å². The minimum absolute atomic E-state index is 0.120. The lowest BCUT2D eigenvalue weighted by atomic mass is 10.2. The monoisotopic (exact) mass is 256 g/mol. The first-order valence-corrected chi connectivity index (χ1v) is 5.34. The van der Waals surface area contributed by atoms with Crippen LogP contribution in [-0.2, 0) is 4.79 Å². The Labute approximate surface area is 104 Å². The average molecular weight is 257 g/mol. The van der Waals surface area contributed by atoms with Gasteiger partial charge in [0.2, 0.25) is 5.88 Å². The highest BCUT2D eigenvalue weighted by Gasteiger charge is 2.14. The van der Waals surface area contributed by atoms with Gasteiger partial charge in [-0.05, 0) is 19.9 Å². The molecule has 17 heavy (non-hydrogen) atoms. The second-order valence-corrected chi connectivity index (χ2v) is 3.91. The van der Waals surface area contributed by atoms with Gasteiger partial charge >= 0.3 is 0 Å². The molecule has 0 radical (unpaired) electrons. The average Bonchev–Trinajstić information content (AvgIpc) is 2.27. The Morgan fingerprint density at radius 3 is 2.65 bits per heavy atom. The SMILES string of the molecule is COc1cc(C(=O)NC(C)C(C)=O)cc(Cl)n1. The molecule has 1 aromatic rings. The number of amides is 1. The van der Waals surface area contributed by atoms with Gasteiger partial charge in [0.1, 0.15) is 5.15 Å². The summed E-state index contributed by atoms with van der Waals surface area (Å²) in [5, 5.41) is 2.70. The number of Topliss-reactive ketones (excluding diaryl/α,β-unsaturated/α-hetero) is 1. The molecule has 1 atom stereocenters. The predicted molar refractivity (Wildman–Crippen MR) is 63.4 cm³/mol. The lowest BCUT2D eigenvalue weighted by Gasteiger charge is -2.11. The molecule has 1 unspecified atom stereocenters. The van der Waals surface area contributed by atoms with Crippen LogP contribution in [0.1, 0.15) is 24.2 Å². The summed E-state index contributed by atoms with van der Waals surface area (Å²) in [5.74, 6) is -0.265. The van der Waals surface area contributed by atoms with Crippen LogP contribution in [0.4, 0.5) is 0 Å². The zero-order valence-electron chi connectivity index (χ0n) is 9.78. The smallest absolute Gasteiger partial charge is 0.252 e. The van der Waals surface area contributed by atoms with Crippen LogP contribution in [0.15, 0.2) is 12.1 Å². The van der Waals surface area contributed by atoms with Crippen molar-refractivity contribution in [1.29, 1.82) is 0 Å². The molecule has 1 aromatic heterocycles. The molecule has 1 heterocycles. The predicted octanol–water partition coefficient (Wildman–Crippen LogP) is 1.45. The summed E-state index contributed by atoms with van der Waals surface area (Å²) in [6, 6.07) is 2.32. The summed E-state index contributed by atoms with van der Waals surface area (Å²) in [6.45, 7) is 3.02. The van der Waals surface area contributed by atoms with Crippen molar-refractivity contribution < 1.29 is 14.3 Å². The number of halogens is 1. The number of carbonyl (C=O) groups is 2. The van der Waals surface area contributed by atoms with Gasteiger partial charge in [-0.2, -0.15) is 0 Å². The van der Waals surface area contributed by atoms with Crippen molar-refractivity contribution in [2.75, 3.05) is 7.11 Å². The summed E-state index contributed by atoms with van der Waals surface area (Å²) < 4.78 is 4.90. The van der Waals surface area contributed by atoms with Crippen LogP contribution in [-0.4, -0.2) is 29.8 Å². The first-order chi connectivity index (χ1) is 7.93. The van der Waals surface area contributed by atoms with E-state index in [1.807, 2.05) is 0 Å². The summed E-state index contributed by atoms with van der Waals surface area (Å²) in [5.41, 5.74) is 0.301. The van der Waals surface area contributed by atoms with Crippen molar-refractivity contribution >= 4 is 23.3 Å². The van der Waals surface area contributed by atoms with E-state index in [4.69, 9.17) is 16.3 Å². The third-order valence-electron chi connectivity index (χ3n) is 2.20. The Morgan fingerprint density at radius 1 is 1.47 bits per heavy atom. The standard InChI is InChI=1S/C11H13ClN2O3/c1-6(7(2)15)13-11(16)8-4-9(12)14-10(5-8)17-3/h4-6H,1-3H3,(H,13,16). The Morgan fingerprint density at radius 2 is 2.12 bits per heavy atom. The summed E-state index contributed by atoms with van der Waals surface area (Å²) in [6.07, 6.45) is 0. The Kier molecular flexibility index (Phi) is 4.45. The van der Waals surface area contributed by atoms with E-state index in [1.165, 1.54) is 26.2 Å². The van der Waals surface area contributed by atoms with Gasteiger partial charge in [0.15, 0.2) is 5.78 Å². The molecule has 0 aliphatic carbocycles. The largest absolute Gasteiger partial charge is 0.481 e. The molecule has 0 fully saturated rings. The van der Waals surface area contributed by atoms with E-state index in [9.17, 15) is 9.59 Å². The number of rotatable bonds is 4. The maximum absolute atomic E-state index is 11.8. The third-order valence-corrected chi connectivity index (χ3v) is 2.39. The van der Waals surface area contributed by atoms with E-state index in [2.05, 4.69) is 10.3 Å². The Hall–Kier alpha value is -1.62. The lowest BCUT2D eigenvalue weighted by Crippen LogP contribution is -2.37. The molecule has 5 nitrogen and oxygen atoms in total. The first-order valence-electron chi connectivity index (χ1n) is 4.97. The molecule has 92 valence electrons. The zero-order chi connectivity index (χ0) is 13.0. The second kappa shape index (κ2) is 5.63. The van der Waals surface area contributed by atoms with E-state index in [-0.39, 0.29) is 16.8 Å². The first kappa shape index (κ1) is 13.4. The van der Waals surface area contributed by atoms with Crippen molar-refractivity contribution in [3.8, 4) is 5.88 Å². The van der Waals surface area contributed by atoms with Gasteiger partial charge in [0, 0.05) is 11.6 Å². The molecule has 1 rings (SSSR count). The number of aromatic nitrogens is 1. The van der Waals surface area contributed by atoms with E-state index in [1.54, 1.807) is 6.92 Å². The molecule has 0 aliphatic heterocycles. The van der Waals surface area contributed by atoms with Crippen LogP contribution in [0, 0.1) is 0 Å². The number of carbonyl (C=O) groups excluding carboxylic acids is 2. The van der Waals surface area contributed by atoms with Gasteiger partial charge in [-0.1, -0.05) is 11.6 Å². The third kappa shape index (κ3) is 3.71. The molecular weight excluding hydrogens is 244 g/mol. The molecular formula is C11H13ClN2O3. The van der Waals surface area contributed by atoms with Gasteiger partial charge in [-0.3, -0.25) is 9.59 Å². The van der Waals surface area contributed by atoms with E-state index < -0.39 is 11.9 Å². The number of pyridine rings is 1. The van der Waals surface area contributed by atoms with Gasteiger partial charge in [-0.15, -0.1) is 0 Å². The molecule has 0 spiro atoms. The van der Waals surface area contributed by atoms with Crippen molar-refractivity contribution in [1.82, 2.24) is 10.3 Å². The highest BCUT2D eigenvalue weighted by Crippen LogP contribution is 2.16. The highest BCUT2D eigenvalue weighted by atomic mass is 35.5. The molecule has 0 saturated heterocycles. The fraction of sp³-hybridized carbons (Fsp3) is 0.364. The fourth-order valence-electron chi connectivity index (χ4n) is 1.09. The Balaban J connectivity index is 2.88. The minimum atomic E-state index is -0.541. The Bertz CT molecular complexity index is 448. The van der Waals surface area contributed by atoms with E-state index in [0.717, 1.165) is 0 Å². The van der Waals surface area contributed by atoms with Gasteiger partial charge < -0.3 is 10.1 Å². The van der Waals surface area contributed by atoms with Crippen molar-refractivity contribution in [3.63, 3.8) is 0 Å². The molecule has 0 aromatic carbocycles.